The van der Waals surface area contributed by atoms with E-state index in [9.17, 15) is 14.9 Å². The second kappa shape index (κ2) is 6.92. The number of aryl methyl sites for hydroxylation is 1. The molecule has 0 spiro atoms. The van der Waals surface area contributed by atoms with Crippen molar-refractivity contribution in [2.75, 3.05) is 5.32 Å². The Hall–Kier alpha value is -4.07. The summed E-state index contributed by atoms with van der Waals surface area (Å²) < 4.78 is 5.25. The number of aromatic nitrogens is 2. The van der Waals surface area contributed by atoms with Gasteiger partial charge in [0.2, 0.25) is 0 Å². The average molecular weight is 374 g/mol. The SMILES string of the molecule is Cc1noc2nc(-c3cccc([N+](=O)[O-])c3)cc(C(=O)Nc3ccccc3)c12. The highest BCUT2D eigenvalue weighted by atomic mass is 16.6. The Bertz CT molecular complexity index is 1200. The van der Waals surface area contributed by atoms with Crippen molar-refractivity contribution < 1.29 is 14.2 Å². The molecule has 4 aromatic rings. The van der Waals surface area contributed by atoms with E-state index in [2.05, 4.69) is 15.5 Å². The van der Waals surface area contributed by atoms with Gasteiger partial charge in [0.25, 0.3) is 17.3 Å². The third-order valence-electron chi connectivity index (χ3n) is 4.25. The predicted molar refractivity (Wildman–Crippen MR) is 103 cm³/mol. The molecule has 0 unspecified atom stereocenters. The van der Waals surface area contributed by atoms with Gasteiger partial charge >= 0.3 is 0 Å². The van der Waals surface area contributed by atoms with Crippen molar-refractivity contribution >= 4 is 28.4 Å². The molecule has 0 aliphatic heterocycles. The Balaban J connectivity index is 1.83. The first kappa shape index (κ1) is 17.3. The van der Waals surface area contributed by atoms with Crippen LogP contribution < -0.4 is 5.32 Å². The number of pyridine rings is 1. The molecular formula is C20H14N4O4. The van der Waals surface area contributed by atoms with Gasteiger partial charge in [-0.3, -0.25) is 14.9 Å². The van der Waals surface area contributed by atoms with E-state index < -0.39 is 4.92 Å². The van der Waals surface area contributed by atoms with E-state index in [1.165, 1.54) is 12.1 Å². The molecule has 0 aliphatic carbocycles. The maximum Gasteiger partial charge on any atom is 0.270 e. The third kappa shape index (κ3) is 3.18. The van der Waals surface area contributed by atoms with Crippen LogP contribution >= 0.6 is 0 Å². The van der Waals surface area contributed by atoms with Crippen LogP contribution in [0.3, 0.4) is 0 Å². The van der Waals surface area contributed by atoms with Crippen molar-refractivity contribution in [1.29, 1.82) is 0 Å². The van der Waals surface area contributed by atoms with E-state index >= 15 is 0 Å². The molecule has 8 heteroatoms. The minimum atomic E-state index is -0.482. The molecule has 0 saturated carbocycles. The number of fused-ring (bicyclic) bond motifs is 1. The monoisotopic (exact) mass is 374 g/mol. The maximum absolute atomic E-state index is 12.9. The van der Waals surface area contributed by atoms with Crippen LogP contribution in [0.25, 0.3) is 22.4 Å². The van der Waals surface area contributed by atoms with Crippen molar-refractivity contribution in [2.45, 2.75) is 6.92 Å². The summed E-state index contributed by atoms with van der Waals surface area (Å²) in [5, 5.41) is 18.3. The highest BCUT2D eigenvalue weighted by molar-refractivity contribution is 6.13. The fraction of sp³-hybridized carbons (Fsp3) is 0.0500. The second-order valence-electron chi connectivity index (χ2n) is 6.13. The number of nitrogens with zero attached hydrogens (tertiary/aromatic N) is 3. The number of rotatable bonds is 4. The first-order valence-electron chi connectivity index (χ1n) is 8.41. The highest BCUT2D eigenvalue weighted by Crippen LogP contribution is 2.29. The van der Waals surface area contributed by atoms with E-state index in [1.807, 2.05) is 18.2 Å². The number of carbonyl (C=O) groups excluding carboxylic acids is 1. The lowest BCUT2D eigenvalue weighted by molar-refractivity contribution is -0.384. The summed E-state index contributed by atoms with van der Waals surface area (Å²) in [5.41, 5.74) is 2.51. The van der Waals surface area contributed by atoms with Gasteiger partial charge in [-0.25, -0.2) is 4.98 Å². The number of hydrogen-bond acceptors (Lipinski definition) is 6. The first-order chi connectivity index (χ1) is 13.5. The molecule has 8 nitrogen and oxygen atoms in total. The Morgan fingerprint density at radius 3 is 2.64 bits per heavy atom. The van der Waals surface area contributed by atoms with Crippen molar-refractivity contribution in [1.82, 2.24) is 10.1 Å². The number of amides is 1. The zero-order valence-corrected chi connectivity index (χ0v) is 14.7. The van der Waals surface area contributed by atoms with Gasteiger partial charge in [-0.05, 0) is 25.1 Å². The zero-order chi connectivity index (χ0) is 19.7. The van der Waals surface area contributed by atoms with Gasteiger partial charge in [-0.15, -0.1) is 0 Å². The van der Waals surface area contributed by atoms with Crippen LogP contribution in [0.1, 0.15) is 16.1 Å². The number of nitrogens with one attached hydrogen (secondary N) is 1. The summed E-state index contributed by atoms with van der Waals surface area (Å²) in [6.07, 6.45) is 0. The van der Waals surface area contributed by atoms with E-state index in [4.69, 9.17) is 4.52 Å². The molecule has 1 amide bonds. The van der Waals surface area contributed by atoms with Crippen LogP contribution in [0.4, 0.5) is 11.4 Å². The largest absolute Gasteiger partial charge is 0.335 e. The van der Waals surface area contributed by atoms with Crippen LogP contribution in [0, 0.1) is 17.0 Å². The molecule has 1 N–H and O–H groups in total. The molecule has 138 valence electrons. The molecule has 4 rings (SSSR count). The van der Waals surface area contributed by atoms with Gasteiger partial charge in [0.15, 0.2) is 0 Å². The second-order valence-corrected chi connectivity index (χ2v) is 6.13. The van der Waals surface area contributed by atoms with Crippen LogP contribution in [0.2, 0.25) is 0 Å². The van der Waals surface area contributed by atoms with Crippen LogP contribution in [0.15, 0.2) is 65.2 Å². The number of hydrogen-bond donors (Lipinski definition) is 1. The van der Waals surface area contributed by atoms with E-state index in [1.54, 1.807) is 37.3 Å². The zero-order valence-electron chi connectivity index (χ0n) is 14.7. The molecule has 2 aromatic heterocycles. The van der Waals surface area contributed by atoms with Gasteiger partial charge in [-0.1, -0.05) is 35.5 Å². The van der Waals surface area contributed by atoms with Crippen LogP contribution in [-0.4, -0.2) is 21.0 Å². The molecule has 0 bridgehead atoms. The molecule has 0 saturated heterocycles. The lowest BCUT2D eigenvalue weighted by Gasteiger charge is -2.08. The Labute approximate surface area is 159 Å². The summed E-state index contributed by atoms with van der Waals surface area (Å²) in [4.78, 5) is 27.9. The molecule has 0 atom stereocenters. The number of non-ortho nitro benzene ring substituents is 1. The van der Waals surface area contributed by atoms with Gasteiger partial charge in [0.1, 0.15) is 0 Å². The summed E-state index contributed by atoms with van der Waals surface area (Å²) in [6, 6.07) is 16.7. The topological polar surface area (TPSA) is 111 Å². The number of nitro groups is 1. The molecule has 0 radical (unpaired) electrons. The standard InChI is InChI=1S/C20H14N4O4/c1-12-18-16(19(25)21-14-7-3-2-4-8-14)11-17(22-20(18)28-23-12)13-6-5-9-15(10-13)24(26)27/h2-11H,1H3,(H,21,25). The van der Waals surface area contributed by atoms with Crippen molar-refractivity contribution in [3.63, 3.8) is 0 Å². The molecule has 2 heterocycles. The summed E-state index contributed by atoms with van der Waals surface area (Å²) >= 11 is 0. The first-order valence-corrected chi connectivity index (χ1v) is 8.41. The lowest BCUT2D eigenvalue weighted by atomic mass is 10.0. The Morgan fingerprint density at radius 2 is 1.89 bits per heavy atom. The fourth-order valence-corrected chi connectivity index (χ4v) is 2.92. The molecule has 0 fully saturated rings. The van der Waals surface area contributed by atoms with Crippen LogP contribution in [-0.2, 0) is 0 Å². The van der Waals surface area contributed by atoms with Crippen molar-refractivity contribution in [3.05, 3.63) is 82.0 Å². The van der Waals surface area contributed by atoms with E-state index in [0.717, 1.165) is 0 Å². The highest BCUT2D eigenvalue weighted by Gasteiger charge is 2.20. The van der Waals surface area contributed by atoms with E-state index in [-0.39, 0.29) is 17.3 Å². The Kier molecular flexibility index (Phi) is 4.29. The fourth-order valence-electron chi connectivity index (χ4n) is 2.92. The van der Waals surface area contributed by atoms with Crippen LogP contribution in [0.5, 0.6) is 0 Å². The third-order valence-corrected chi connectivity index (χ3v) is 4.25. The van der Waals surface area contributed by atoms with Crippen molar-refractivity contribution in [3.8, 4) is 11.3 Å². The van der Waals surface area contributed by atoms with Crippen molar-refractivity contribution in [2.24, 2.45) is 0 Å². The summed E-state index contributed by atoms with van der Waals surface area (Å²) in [6.45, 7) is 1.72. The molecule has 28 heavy (non-hydrogen) atoms. The quantitative estimate of drug-likeness (QED) is 0.420. The maximum atomic E-state index is 12.9. The molecular weight excluding hydrogens is 360 g/mol. The minimum Gasteiger partial charge on any atom is -0.335 e. The average Bonchev–Trinajstić information content (AvgIpc) is 3.09. The lowest BCUT2D eigenvalue weighted by Crippen LogP contribution is -2.13. The minimum absolute atomic E-state index is 0.0663. The van der Waals surface area contributed by atoms with Gasteiger partial charge in [0, 0.05) is 23.4 Å². The van der Waals surface area contributed by atoms with Gasteiger partial charge < -0.3 is 9.84 Å². The smallest absolute Gasteiger partial charge is 0.270 e. The van der Waals surface area contributed by atoms with Gasteiger partial charge in [-0.2, -0.15) is 0 Å². The number of anilines is 1. The number of nitro benzene ring substituents is 1. The predicted octanol–water partition coefficient (Wildman–Crippen LogP) is 4.36. The van der Waals surface area contributed by atoms with Gasteiger partial charge in [0.05, 0.1) is 27.3 Å². The number of benzene rings is 2. The number of carbonyl (C=O) groups is 1. The van der Waals surface area contributed by atoms with E-state index in [0.29, 0.717) is 33.6 Å². The summed E-state index contributed by atoms with van der Waals surface area (Å²) in [5.74, 6) is -0.350. The number of para-hydroxylation sites is 1. The molecule has 0 aliphatic rings. The summed E-state index contributed by atoms with van der Waals surface area (Å²) in [7, 11) is 0. The normalized spacial score (nSPS) is 10.8. The molecule has 2 aromatic carbocycles. The Morgan fingerprint density at radius 1 is 1.11 bits per heavy atom.